The normalized spacial score (nSPS) is 11.0. The number of carbonyl (C=O) groups is 1. The molecule has 0 aliphatic heterocycles. The molecule has 0 aliphatic rings. The number of methoxy groups -OCH3 is 1. The third-order valence-corrected chi connectivity index (χ3v) is 3.87. The van der Waals surface area contributed by atoms with Crippen LogP contribution in [0.3, 0.4) is 0 Å². The van der Waals surface area contributed by atoms with Gasteiger partial charge in [0.05, 0.1) is 18.4 Å². The Balaban J connectivity index is 1.99. The third-order valence-electron chi connectivity index (χ3n) is 3.87. The molecule has 0 bridgehead atoms. The topological polar surface area (TPSA) is 74.0 Å². The number of rotatable bonds is 5. The zero-order valence-corrected chi connectivity index (χ0v) is 14.4. The molecule has 0 unspecified atom stereocenters. The summed E-state index contributed by atoms with van der Waals surface area (Å²) in [4.78, 5) is 12.4. The number of alkyl halides is 2. The van der Waals surface area contributed by atoms with Crippen LogP contribution in [0.2, 0.25) is 0 Å². The lowest BCUT2D eigenvalue weighted by Gasteiger charge is -2.11. The zero-order chi connectivity index (χ0) is 18.8. The molecule has 0 radical (unpaired) electrons. The molecule has 0 fully saturated rings. The van der Waals surface area contributed by atoms with Crippen LogP contribution in [0.25, 0.3) is 11.1 Å². The first-order valence-corrected chi connectivity index (χ1v) is 7.74. The first-order valence-electron chi connectivity index (χ1n) is 7.74. The molecule has 0 spiro atoms. The highest BCUT2D eigenvalue weighted by Crippen LogP contribution is 2.37. The lowest BCUT2D eigenvalue weighted by molar-refractivity contribution is 0.0561. The number of amides is 1. The van der Waals surface area contributed by atoms with Crippen molar-refractivity contribution in [2.75, 3.05) is 12.4 Å². The maximum atomic E-state index is 12.6. The van der Waals surface area contributed by atoms with Gasteiger partial charge in [-0.25, -0.2) is 4.68 Å². The van der Waals surface area contributed by atoms with E-state index < -0.39 is 12.5 Å². The summed E-state index contributed by atoms with van der Waals surface area (Å²) in [7, 11) is 3.24. The van der Waals surface area contributed by atoms with Gasteiger partial charge in [0, 0.05) is 18.8 Å². The summed E-state index contributed by atoms with van der Waals surface area (Å²) in [5.74, 6) is 0.438. The van der Waals surface area contributed by atoms with Crippen LogP contribution >= 0.6 is 0 Å². The molecule has 0 atom stereocenters. The van der Waals surface area contributed by atoms with Gasteiger partial charge in [-0.05, 0) is 19.1 Å². The Hall–Kier alpha value is -3.23. The van der Waals surface area contributed by atoms with Gasteiger partial charge in [-0.3, -0.25) is 9.48 Å². The fraction of sp³-hybridized carbons (Fsp3) is 0.235. The van der Waals surface area contributed by atoms with Crippen LogP contribution in [0.15, 0.2) is 36.5 Å². The second kappa shape index (κ2) is 6.95. The van der Waals surface area contributed by atoms with Crippen LogP contribution in [0, 0.1) is 6.92 Å². The molecular weight excluding hydrogens is 344 g/mol. The molecule has 2 heterocycles. The number of hydrogen-bond acceptors (Lipinski definition) is 4. The van der Waals surface area contributed by atoms with E-state index in [1.165, 1.54) is 10.7 Å². The van der Waals surface area contributed by atoms with Crippen molar-refractivity contribution >= 4 is 11.7 Å². The lowest BCUT2D eigenvalue weighted by Crippen LogP contribution is -2.16. The monoisotopic (exact) mass is 361 g/mol. The molecule has 7 nitrogen and oxygen atoms in total. The standard InChI is InChI=1S/C17H17F2N5O2/c1-10-14(11-6-4-5-7-13(11)26-3)15(23(2)21-10)20-16(25)12-8-9-24(22-12)17(18)19/h4-9,17H,1-3H3,(H,20,25). The molecule has 1 aromatic carbocycles. The molecule has 0 saturated carbocycles. The molecular formula is C17H17F2N5O2. The van der Waals surface area contributed by atoms with E-state index in [0.29, 0.717) is 27.5 Å². The molecule has 3 rings (SSSR count). The van der Waals surface area contributed by atoms with E-state index >= 15 is 0 Å². The van der Waals surface area contributed by atoms with Gasteiger partial charge in [0.2, 0.25) is 0 Å². The first-order chi connectivity index (χ1) is 12.4. The van der Waals surface area contributed by atoms with E-state index in [-0.39, 0.29) is 5.69 Å². The SMILES string of the molecule is COc1ccccc1-c1c(C)nn(C)c1NC(=O)c1ccn(C(F)F)n1. The average Bonchev–Trinajstić information content (AvgIpc) is 3.21. The summed E-state index contributed by atoms with van der Waals surface area (Å²) in [6.45, 7) is -0.997. The molecule has 3 aromatic rings. The van der Waals surface area contributed by atoms with Gasteiger partial charge in [0.15, 0.2) is 5.69 Å². The fourth-order valence-electron chi connectivity index (χ4n) is 2.71. The Bertz CT molecular complexity index is 949. The number of hydrogen-bond donors (Lipinski definition) is 1. The average molecular weight is 361 g/mol. The van der Waals surface area contributed by atoms with E-state index in [4.69, 9.17) is 4.74 Å². The molecule has 136 valence electrons. The molecule has 26 heavy (non-hydrogen) atoms. The summed E-state index contributed by atoms with van der Waals surface area (Å²) in [5.41, 5.74) is 2.01. The van der Waals surface area contributed by atoms with Gasteiger partial charge in [-0.2, -0.15) is 19.0 Å². The largest absolute Gasteiger partial charge is 0.496 e. The summed E-state index contributed by atoms with van der Waals surface area (Å²) in [6.07, 6.45) is 1.05. The summed E-state index contributed by atoms with van der Waals surface area (Å²) in [6, 6.07) is 8.57. The van der Waals surface area contributed by atoms with Crippen molar-refractivity contribution in [1.82, 2.24) is 19.6 Å². The Morgan fingerprint density at radius 1 is 1.23 bits per heavy atom. The number of ether oxygens (including phenoxy) is 1. The van der Waals surface area contributed by atoms with Gasteiger partial charge >= 0.3 is 6.55 Å². The van der Waals surface area contributed by atoms with Crippen molar-refractivity contribution < 1.29 is 18.3 Å². The van der Waals surface area contributed by atoms with Crippen LogP contribution in [0.5, 0.6) is 5.75 Å². The third kappa shape index (κ3) is 3.15. The van der Waals surface area contributed by atoms with Crippen molar-refractivity contribution in [3.8, 4) is 16.9 Å². The van der Waals surface area contributed by atoms with Crippen molar-refractivity contribution in [3.63, 3.8) is 0 Å². The second-order valence-corrected chi connectivity index (χ2v) is 5.55. The Morgan fingerprint density at radius 3 is 2.62 bits per heavy atom. The number of nitrogens with zero attached hydrogens (tertiary/aromatic N) is 4. The molecule has 0 saturated heterocycles. The first kappa shape index (κ1) is 17.6. The van der Waals surface area contributed by atoms with Crippen molar-refractivity contribution in [1.29, 1.82) is 0 Å². The van der Waals surface area contributed by atoms with Crippen molar-refractivity contribution in [3.05, 3.63) is 47.9 Å². The minimum absolute atomic E-state index is 0.116. The van der Waals surface area contributed by atoms with Crippen molar-refractivity contribution in [2.45, 2.75) is 13.5 Å². The van der Waals surface area contributed by atoms with Gasteiger partial charge in [-0.1, -0.05) is 18.2 Å². The maximum Gasteiger partial charge on any atom is 0.333 e. The van der Waals surface area contributed by atoms with E-state index in [2.05, 4.69) is 15.5 Å². The fourth-order valence-corrected chi connectivity index (χ4v) is 2.71. The van der Waals surface area contributed by atoms with E-state index in [9.17, 15) is 13.6 Å². The quantitative estimate of drug-likeness (QED) is 0.757. The predicted molar refractivity (Wildman–Crippen MR) is 91.4 cm³/mol. The summed E-state index contributed by atoms with van der Waals surface area (Å²) < 4.78 is 32.6. The number of halogens is 2. The molecule has 0 aliphatic carbocycles. The van der Waals surface area contributed by atoms with Crippen LogP contribution < -0.4 is 10.1 Å². The van der Waals surface area contributed by atoms with Crippen LogP contribution in [0.1, 0.15) is 22.7 Å². The number of nitrogens with one attached hydrogen (secondary N) is 1. The Kier molecular flexibility index (Phi) is 4.70. The zero-order valence-electron chi connectivity index (χ0n) is 14.4. The second-order valence-electron chi connectivity index (χ2n) is 5.55. The van der Waals surface area contributed by atoms with Crippen LogP contribution in [-0.4, -0.2) is 32.6 Å². The van der Waals surface area contributed by atoms with Gasteiger partial charge in [0.25, 0.3) is 5.91 Å². The van der Waals surface area contributed by atoms with Gasteiger partial charge in [-0.15, -0.1) is 0 Å². The van der Waals surface area contributed by atoms with Crippen LogP contribution in [0.4, 0.5) is 14.6 Å². The summed E-state index contributed by atoms with van der Waals surface area (Å²) >= 11 is 0. The number of aromatic nitrogens is 4. The number of para-hydroxylation sites is 1. The molecule has 1 amide bonds. The highest BCUT2D eigenvalue weighted by atomic mass is 19.3. The van der Waals surface area contributed by atoms with Crippen LogP contribution in [-0.2, 0) is 7.05 Å². The lowest BCUT2D eigenvalue weighted by atomic mass is 10.0. The number of aryl methyl sites for hydroxylation is 2. The number of carbonyl (C=O) groups excluding carboxylic acids is 1. The molecule has 2 aromatic heterocycles. The smallest absolute Gasteiger partial charge is 0.333 e. The van der Waals surface area contributed by atoms with Gasteiger partial charge in [0.1, 0.15) is 11.6 Å². The maximum absolute atomic E-state index is 12.6. The number of anilines is 1. The Morgan fingerprint density at radius 2 is 1.96 bits per heavy atom. The molecule has 1 N–H and O–H groups in total. The van der Waals surface area contributed by atoms with E-state index in [1.54, 1.807) is 20.2 Å². The number of benzene rings is 1. The van der Waals surface area contributed by atoms with E-state index in [0.717, 1.165) is 11.8 Å². The minimum Gasteiger partial charge on any atom is -0.496 e. The van der Waals surface area contributed by atoms with Crippen molar-refractivity contribution in [2.24, 2.45) is 7.05 Å². The minimum atomic E-state index is -2.81. The van der Waals surface area contributed by atoms with E-state index in [1.807, 2.05) is 25.1 Å². The van der Waals surface area contributed by atoms with Gasteiger partial charge < -0.3 is 10.1 Å². The predicted octanol–water partition coefficient (Wildman–Crippen LogP) is 3.25. The highest BCUT2D eigenvalue weighted by molar-refractivity contribution is 6.04. The summed E-state index contributed by atoms with van der Waals surface area (Å²) in [5, 5.41) is 10.6. The molecule has 9 heteroatoms. The Labute approximate surface area is 148 Å². The highest BCUT2D eigenvalue weighted by Gasteiger charge is 2.22.